The predicted molar refractivity (Wildman–Crippen MR) is 80.4 cm³/mol. The van der Waals surface area contributed by atoms with Crippen LogP contribution in [0, 0.1) is 0 Å². The number of β-amino-alcohol motifs (C(OH)–C–C–N with tert-alkyl or cyclic N) is 1. The van der Waals surface area contributed by atoms with Gasteiger partial charge >= 0.3 is 0 Å². The minimum Gasteiger partial charge on any atom is -0.506 e. The first-order chi connectivity index (χ1) is 10.6. The van der Waals surface area contributed by atoms with Crippen LogP contribution in [0.1, 0.15) is 12.0 Å². The molecule has 2 aliphatic rings. The van der Waals surface area contributed by atoms with Crippen LogP contribution in [0.5, 0.6) is 5.75 Å². The van der Waals surface area contributed by atoms with Gasteiger partial charge in [-0.3, -0.25) is 14.5 Å². The molecular weight excluding hydrogens is 286 g/mol. The smallest absolute Gasteiger partial charge is 0.277 e. The number of nitrogens with one attached hydrogen (secondary N) is 2. The van der Waals surface area contributed by atoms with Gasteiger partial charge in [0.2, 0.25) is 0 Å². The number of fused-ring (bicyclic) bond motifs is 1. The van der Waals surface area contributed by atoms with Crippen molar-refractivity contribution in [3.05, 3.63) is 29.5 Å². The lowest BCUT2D eigenvalue weighted by atomic mass is 10.0. The highest BCUT2D eigenvalue weighted by atomic mass is 16.3. The van der Waals surface area contributed by atoms with E-state index in [0.717, 1.165) is 29.8 Å². The molecule has 1 aromatic rings. The molecule has 0 aliphatic carbocycles. The number of carbonyl (C=O) groups excluding carboxylic acids is 2. The van der Waals surface area contributed by atoms with Crippen molar-refractivity contribution >= 4 is 23.2 Å². The van der Waals surface area contributed by atoms with Gasteiger partial charge in [0.1, 0.15) is 11.4 Å². The number of hydrogen-bond donors (Lipinski definition) is 4. The molecule has 2 heterocycles. The third kappa shape index (κ3) is 2.39. The van der Waals surface area contributed by atoms with E-state index in [1.165, 1.54) is 6.08 Å². The Bertz CT molecular complexity index is 669. The van der Waals surface area contributed by atoms with E-state index in [1.807, 2.05) is 0 Å². The van der Waals surface area contributed by atoms with Gasteiger partial charge in [-0.05, 0) is 25.0 Å². The van der Waals surface area contributed by atoms with E-state index < -0.39 is 11.8 Å². The molecule has 7 nitrogen and oxygen atoms in total. The fourth-order valence-corrected chi connectivity index (χ4v) is 2.74. The fraction of sp³-hybridized carbons (Fsp3) is 0.333. The summed E-state index contributed by atoms with van der Waals surface area (Å²) in [6.45, 7) is 0.500. The molecule has 116 valence electrons. The van der Waals surface area contributed by atoms with Crippen LogP contribution in [0.4, 0.5) is 11.4 Å². The van der Waals surface area contributed by atoms with Gasteiger partial charge in [-0.1, -0.05) is 0 Å². The number of amides is 2. The van der Waals surface area contributed by atoms with Gasteiger partial charge in [0.05, 0.1) is 18.8 Å². The van der Waals surface area contributed by atoms with E-state index >= 15 is 0 Å². The number of anilines is 2. The monoisotopic (exact) mass is 303 g/mol. The second-order valence-corrected chi connectivity index (χ2v) is 5.22. The minimum absolute atomic E-state index is 0.0193. The van der Waals surface area contributed by atoms with Gasteiger partial charge in [-0.15, -0.1) is 0 Å². The Balaban J connectivity index is 1.87. The standard InChI is InChI=1S/C15H17N3O4/c19-7-6-18-13(21)8-11(15(18)22)17-10-3-4-12(20)14-9(10)2-1-5-16-14/h3-4,8,16-17,19-20H,1-2,5-7H2. The number of aliphatic hydroxyl groups is 1. The summed E-state index contributed by atoms with van der Waals surface area (Å²) in [5, 5.41) is 24.9. The summed E-state index contributed by atoms with van der Waals surface area (Å²) in [6, 6.07) is 3.24. The Morgan fingerprint density at radius 3 is 2.91 bits per heavy atom. The second-order valence-electron chi connectivity index (χ2n) is 5.22. The maximum atomic E-state index is 12.1. The van der Waals surface area contributed by atoms with E-state index in [0.29, 0.717) is 11.4 Å². The number of carbonyl (C=O) groups is 2. The lowest BCUT2D eigenvalue weighted by molar-refractivity contribution is -0.137. The van der Waals surface area contributed by atoms with Gasteiger partial charge in [0, 0.05) is 23.9 Å². The first-order valence-electron chi connectivity index (χ1n) is 7.16. The lowest BCUT2D eigenvalue weighted by Crippen LogP contribution is -2.34. The highest BCUT2D eigenvalue weighted by molar-refractivity contribution is 6.17. The zero-order chi connectivity index (χ0) is 15.7. The Hall–Kier alpha value is -2.54. The van der Waals surface area contributed by atoms with E-state index in [1.54, 1.807) is 12.1 Å². The molecule has 7 heteroatoms. The number of hydrogen-bond acceptors (Lipinski definition) is 6. The largest absolute Gasteiger partial charge is 0.506 e. The molecule has 4 N–H and O–H groups in total. The number of nitrogens with zero attached hydrogens (tertiary/aromatic N) is 1. The number of rotatable bonds is 4. The average molecular weight is 303 g/mol. The normalized spacial score (nSPS) is 17.1. The molecule has 22 heavy (non-hydrogen) atoms. The zero-order valence-electron chi connectivity index (χ0n) is 11.9. The average Bonchev–Trinajstić information content (AvgIpc) is 2.78. The fourth-order valence-electron chi connectivity index (χ4n) is 2.74. The van der Waals surface area contributed by atoms with Crippen molar-refractivity contribution in [3.63, 3.8) is 0 Å². The van der Waals surface area contributed by atoms with Crippen molar-refractivity contribution in [3.8, 4) is 5.75 Å². The number of imide groups is 1. The van der Waals surface area contributed by atoms with Gasteiger partial charge in [0.15, 0.2) is 0 Å². The third-order valence-corrected chi connectivity index (χ3v) is 3.80. The molecule has 3 rings (SSSR count). The van der Waals surface area contributed by atoms with Crippen molar-refractivity contribution < 1.29 is 19.8 Å². The molecule has 1 aromatic carbocycles. The molecule has 2 aliphatic heterocycles. The number of aliphatic hydroxyl groups excluding tert-OH is 1. The maximum absolute atomic E-state index is 12.1. The summed E-state index contributed by atoms with van der Waals surface area (Å²) in [4.78, 5) is 24.9. The van der Waals surface area contributed by atoms with Crippen molar-refractivity contribution in [2.75, 3.05) is 30.3 Å². The third-order valence-electron chi connectivity index (χ3n) is 3.80. The van der Waals surface area contributed by atoms with Gasteiger partial charge < -0.3 is 20.8 Å². The summed E-state index contributed by atoms with van der Waals surface area (Å²) in [6.07, 6.45) is 2.93. The zero-order valence-corrected chi connectivity index (χ0v) is 11.9. The van der Waals surface area contributed by atoms with Crippen molar-refractivity contribution in [2.24, 2.45) is 0 Å². The van der Waals surface area contributed by atoms with Crippen LogP contribution in [-0.2, 0) is 16.0 Å². The van der Waals surface area contributed by atoms with Crippen molar-refractivity contribution in [2.45, 2.75) is 12.8 Å². The van der Waals surface area contributed by atoms with Gasteiger partial charge in [-0.2, -0.15) is 0 Å². The summed E-state index contributed by atoms with van der Waals surface area (Å²) in [5.41, 5.74) is 2.43. The van der Waals surface area contributed by atoms with Crippen LogP contribution in [0.3, 0.4) is 0 Å². The molecule has 0 spiro atoms. The SMILES string of the molecule is O=C1C=C(Nc2ccc(O)c3c2CCCN3)C(=O)N1CCO. The van der Waals surface area contributed by atoms with Gasteiger partial charge in [0.25, 0.3) is 11.8 Å². The van der Waals surface area contributed by atoms with Crippen molar-refractivity contribution in [1.82, 2.24) is 4.90 Å². The summed E-state index contributed by atoms with van der Waals surface area (Å²) >= 11 is 0. The number of phenols is 1. The molecule has 0 unspecified atom stereocenters. The number of phenolic OH excluding ortho intramolecular Hbond substituents is 1. The highest BCUT2D eigenvalue weighted by Gasteiger charge is 2.31. The van der Waals surface area contributed by atoms with E-state index in [9.17, 15) is 14.7 Å². The molecule has 0 bridgehead atoms. The molecule has 0 radical (unpaired) electrons. The highest BCUT2D eigenvalue weighted by Crippen LogP contribution is 2.37. The second kappa shape index (κ2) is 5.69. The Morgan fingerprint density at radius 1 is 1.32 bits per heavy atom. The Kier molecular flexibility index (Phi) is 3.72. The first-order valence-corrected chi connectivity index (χ1v) is 7.16. The molecule has 0 saturated carbocycles. The van der Waals surface area contributed by atoms with Crippen LogP contribution in [0.2, 0.25) is 0 Å². The molecule has 0 aromatic heterocycles. The molecule has 2 amide bonds. The van der Waals surface area contributed by atoms with Crippen LogP contribution >= 0.6 is 0 Å². The maximum Gasteiger partial charge on any atom is 0.277 e. The quantitative estimate of drug-likeness (QED) is 0.365. The van der Waals surface area contributed by atoms with Crippen LogP contribution in [0.25, 0.3) is 0 Å². The van der Waals surface area contributed by atoms with Crippen molar-refractivity contribution in [1.29, 1.82) is 0 Å². The van der Waals surface area contributed by atoms with E-state index in [4.69, 9.17) is 5.11 Å². The van der Waals surface area contributed by atoms with E-state index in [2.05, 4.69) is 10.6 Å². The van der Waals surface area contributed by atoms with Crippen LogP contribution in [0.15, 0.2) is 23.9 Å². The Labute approximate surface area is 127 Å². The number of aromatic hydroxyl groups is 1. The van der Waals surface area contributed by atoms with Crippen LogP contribution in [-0.4, -0.2) is 46.6 Å². The minimum atomic E-state index is -0.454. The summed E-state index contributed by atoms with van der Waals surface area (Å²) in [5.74, 6) is -0.720. The topological polar surface area (TPSA) is 102 Å². The predicted octanol–water partition coefficient (Wildman–Crippen LogP) is 0.407. The molecule has 0 fully saturated rings. The molecular formula is C15H17N3O4. The lowest BCUT2D eigenvalue weighted by Gasteiger charge is -2.23. The molecule has 0 atom stereocenters. The van der Waals surface area contributed by atoms with Crippen LogP contribution < -0.4 is 10.6 Å². The first kappa shape index (κ1) is 14.4. The molecule has 0 saturated heterocycles. The number of benzene rings is 1. The Morgan fingerprint density at radius 2 is 2.14 bits per heavy atom. The summed E-state index contributed by atoms with van der Waals surface area (Å²) in [7, 11) is 0. The summed E-state index contributed by atoms with van der Waals surface area (Å²) < 4.78 is 0. The van der Waals surface area contributed by atoms with Gasteiger partial charge in [-0.25, -0.2) is 0 Å². The van der Waals surface area contributed by atoms with E-state index in [-0.39, 0.29) is 24.6 Å².